The SMILES string of the molecule is CC(=O)NCCC1(O)CCOCC1. The number of hydrogen-bond donors (Lipinski definition) is 2. The second kappa shape index (κ2) is 4.58. The molecule has 0 radical (unpaired) electrons. The van der Waals surface area contributed by atoms with Crippen LogP contribution in [0.3, 0.4) is 0 Å². The highest BCUT2D eigenvalue weighted by Gasteiger charge is 2.28. The van der Waals surface area contributed by atoms with Crippen molar-refractivity contribution in [2.75, 3.05) is 19.8 Å². The van der Waals surface area contributed by atoms with Crippen molar-refractivity contribution in [3.63, 3.8) is 0 Å². The van der Waals surface area contributed by atoms with Gasteiger partial charge in [-0.05, 0) is 19.3 Å². The van der Waals surface area contributed by atoms with Gasteiger partial charge in [0, 0.05) is 26.7 Å². The average molecular weight is 187 g/mol. The smallest absolute Gasteiger partial charge is 0.216 e. The number of nitrogens with one attached hydrogen (secondary N) is 1. The first-order valence-corrected chi connectivity index (χ1v) is 4.67. The normalized spacial score (nSPS) is 21.1. The minimum absolute atomic E-state index is 0.0457. The fourth-order valence-corrected chi connectivity index (χ4v) is 1.47. The molecular formula is C9H17NO3. The second-order valence-electron chi connectivity index (χ2n) is 3.57. The largest absolute Gasteiger partial charge is 0.390 e. The highest BCUT2D eigenvalue weighted by atomic mass is 16.5. The lowest BCUT2D eigenvalue weighted by Gasteiger charge is -2.31. The van der Waals surface area contributed by atoms with Crippen molar-refractivity contribution in [2.24, 2.45) is 0 Å². The summed E-state index contributed by atoms with van der Waals surface area (Å²) in [5, 5.41) is 12.6. The molecule has 13 heavy (non-hydrogen) atoms. The molecule has 76 valence electrons. The van der Waals surface area contributed by atoms with Crippen LogP contribution in [0.5, 0.6) is 0 Å². The van der Waals surface area contributed by atoms with Gasteiger partial charge in [-0.1, -0.05) is 0 Å². The number of aliphatic hydroxyl groups is 1. The highest BCUT2D eigenvalue weighted by Crippen LogP contribution is 2.23. The second-order valence-corrected chi connectivity index (χ2v) is 3.57. The molecule has 0 bridgehead atoms. The fourth-order valence-electron chi connectivity index (χ4n) is 1.47. The Morgan fingerprint density at radius 3 is 2.69 bits per heavy atom. The van der Waals surface area contributed by atoms with Crippen LogP contribution in [-0.2, 0) is 9.53 Å². The molecule has 0 aromatic carbocycles. The molecule has 0 unspecified atom stereocenters. The zero-order valence-electron chi connectivity index (χ0n) is 8.01. The van der Waals surface area contributed by atoms with E-state index in [0.717, 1.165) is 0 Å². The first kappa shape index (κ1) is 10.5. The van der Waals surface area contributed by atoms with E-state index >= 15 is 0 Å². The van der Waals surface area contributed by atoms with Gasteiger partial charge in [0.25, 0.3) is 0 Å². The molecule has 0 aliphatic carbocycles. The lowest BCUT2D eigenvalue weighted by atomic mass is 9.91. The molecule has 4 heteroatoms. The van der Waals surface area contributed by atoms with Crippen molar-refractivity contribution in [3.8, 4) is 0 Å². The van der Waals surface area contributed by atoms with Crippen LogP contribution in [0.4, 0.5) is 0 Å². The van der Waals surface area contributed by atoms with E-state index in [1.165, 1.54) is 6.92 Å². The summed E-state index contributed by atoms with van der Waals surface area (Å²) in [7, 11) is 0. The number of carbonyl (C=O) groups is 1. The van der Waals surface area contributed by atoms with Crippen LogP contribution in [0, 0.1) is 0 Å². The van der Waals surface area contributed by atoms with Gasteiger partial charge in [0.1, 0.15) is 0 Å². The van der Waals surface area contributed by atoms with E-state index in [9.17, 15) is 9.90 Å². The van der Waals surface area contributed by atoms with Crippen LogP contribution in [0.25, 0.3) is 0 Å². The molecule has 0 atom stereocenters. The fraction of sp³-hybridized carbons (Fsp3) is 0.889. The molecule has 2 N–H and O–H groups in total. The molecule has 4 nitrogen and oxygen atoms in total. The van der Waals surface area contributed by atoms with Crippen molar-refractivity contribution in [1.82, 2.24) is 5.32 Å². The minimum atomic E-state index is -0.624. The van der Waals surface area contributed by atoms with Gasteiger partial charge in [0.2, 0.25) is 5.91 Å². The molecule has 1 saturated heterocycles. The predicted molar refractivity (Wildman–Crippen MR) is 48.3 cm³/mol. The van der Waals surface area contributed by atoms with Gasteiger partial charge in [-0.2, -0.15) is 0 Å². The molecule has 0 aromatic rings. The number of amides is 1. The van der Waals surface area contributed by atoms with Crippen molar-refractivity contribution in [1.29, 1.82) is 0 Å². The summed E-state index contributed by atoms with van der Waals surface area (Å²) in [6, 6.07) is 0. The van der Waals surface area contributed by atoms with Crippen LogP contribution in [-0.4, -0.2) is 36.4 Å². The van der Waals surface area contributed by atoms with Crippen LogP contribution >= 0.6 is 0 Å². The van der Waals surface area contributed by atoms with Crippen LogP contribution in [0.2, 0.25) is 0 Å². The van der Waals surface area contributed by atoms with Crippen molar-refractivity contribution in [2.45, 2.75) is 31.8 Å². The van der Waals surface area contributed by atoms with Gasteiger partial charge in [0.05, 0.1) is 5.60 Å². The van der Waals surface area contributed by atoms with E-state index in [1.807, 2.05) is 0 Å². The number of carbonyl (C=O) groups excluding carboxylic acids is 1. The number of hydrogen-bond acceptors (Lipinski definition) is 3. The monoisotopic (exact) mass is 187 g/mol. The lowest BCUT2D eigenvalue weighted by Crippen LogP contribution is -2.39. The quantitative estimate of drug-likeness (QED) is 0.656. The standard InChI is InChI=1S/C9H17NO3/c1-8(11)10-5-2-9(12)3-6-13-7-4-9/h12H,2-7H2,1H3,(H,10,11). The minimum Gasteiger partial charge on any atom is -0.390 e. The first-order chi connectivity index (χ1) is 6.12. The zero-order chi connectivity index (χ0) is 9.73. The van der Waals surface area contributed by atoms with Crippen molar-refractivity contribution < 1.29 is 14.6 Å². The topological polar surface area (TPSA) is 58.6 Å². The van der Waals surface area contributed by atoms with Crippen LogP contribution in [0.1, 0.15) is 26.2 Å². The molecule has 0 saturated carbocycles. The maximum atomic E-state index is 10.6. The van der Waals surface area contributed by atoms with E-state index in [-0.39, 0.29) is 5.91 Å². The van der Waals surface area contributed by atoms with E-state index < -0.39 is 5.60 Å². The third kappa shape index (κ3) is 3.74. The molecule has 1 amide bonds. The summed E-state index contributed by atoms with van der Waals surface area (Å²) in [5.41, 5.74) is -0.624. The van der Waals surface area contributed by atoms with Crippen molar-refractivity contribution in [3.05, 3.63) is 0 Å². The maximum absolute atomic E-state index is 10.6. The third-order valence-corrected chi connectivity index (χ3v) is 2.39. The molecule has 1 aliphatic heterocycles. The Labute approximate surface area is 78.3 Å². The van der Waals surface area contributed by atoms with Gasteiger partial charge in [-0.15, -0.1) is 0 Å². The Morgan fingerprint density at radius 1 is 1.54 bits per heavy atom. The molecular weight excluding hydrogens is 170 g/mol. The van der Waals surface area contributed by atoms with Gasteiger partial charge in [-0.3, -0.25) is 4.79 Å². The summed E-state index contributed by atoms with van der Waals surface area (Å²) in [5.74, 6) is -0.0457. The highest BCUT2D eigenvalue weighted by molar-refractivity contribution is 5.72. The van der Waals surface area contributed by atoms with Gasteiger partial charge in [0.15, 0.2) is 0 Å². The van der Waals surface area contributed by atoms with Crippen LogP contribution in [0.15, 0.2) is 0 Å². The van der Waals surface area contributed by atoms with Gasteiger partial charge >= 0.3 is 0 Å². The molecule has 1 rings (SSSR count). The summed E-state index contributed by atoms with van der Waals surface area (Å²) < 4.78 is 5.14. The Kier molecular flexibility index (Phi) is 3.69. The molecule has 1 heterocycles. The molecule has 1 fully saturated rings. The van der Waals surface area contributed by atoms with E-state index in [0.29, 0.717) is 39.0 Å². The Bertz CT molecular complexity index is 176. The van der Waals surface area contributed by atoms with E-state index in [1.54, 1.807) is 0 Å². The molecule has 0 aromatic heterocycles. The van der Waals surface area contributed by atoms with E-state index in [4.69, 9.17) is 4.74 Å². The number of rotatable bonds is 3. The molecule has 0 spiro atoms. The Morgan fingerprint density at radius 2 is 2.15 bits per heavy atom. The summed E-state index contributed by atoms with van der Waals surface area (Å²) in [4.78, 5) is 10.6. The Hall–Kier alpha value is -0.610. The lowest BCUT2D eigenvalue weighted by molar-refractivity contribution is -0.119. The summed E-state index contributed by atoms with van der Waals surface area (Å²) in [6.07, 6.45) is 1.97. The first-order valence-electron chi connectivity index (χ1n) is 4.67. The van der Waals surface area contributed by atoms with Crippen LogP contribution < -0.4 is 5.32 Å². The van der Waals surface area contributed by atoms with Gasteiger partial charge in [-0.25, -0.2) is 0 Å². The molecule has 1 aliphatic rings. The summed E-state index contributed by atoms with van der Waals surface area (Å²) >= 11 is 0. The maximum Gasteiger partial charge on any atom is 0.216 e. The summed E-state index contributed by atoms with van der Waals surface area (Å²) in [6.45, 7) is 3.27. The van der Waals surface area contributed by atoms with Crippen molar-refractivity contribution >= 4 is 5.91 Å². The van der Waals surface area contributed by atoms with E-state index in [2.05, 4.69) is 5.32 Å². The number of ether oxygens (including phenoxy) is 1. The zero-order valence-corrected chi connectivity index (χ0v) is 8.01. The Balaban J connectivity index is 2.21. The van der Waals surface area contributed by atoms with Gasteiger partial charge < -0.3 is 15.2 Å². The average Bonchev–Trinajstić information content (AvgIpc) is 2.04. The third-order valence-electron chi connectivity index (χ3n) is 2.39. The predicted octanol–water partition coefficient (Wildman–Crippen LogP) is 0.0541.